The second-order valence-corrected chi connectivity index (χ2v) is 0.492. The number of carbonyl (C=O) groups is 1. The van der Waals surface area contributed by atoms with Gasteiger partial charge in [0.1, 0.15) is 0 Å². The van der Waals surface area contributed by atoms with Gasteiger partial charge in [-0.3, -0.25) is 0 Å². The van der Waals surface area contributed by atoms with Crippen molar-refractivity contribution in [2.24, 2.45) is 0 Å². The number of rotatable bonds is 0. The number of carbonyl (C=O) groups excluding carboxylic acids is 1. The monoisotopic (exact) mass is 329 g/mol. The first-order chi connectivity index (χ1) is 1.73. The predicted octanol–water partition coefficient (Wildman–Crippen LogP) is -1.48. The molecule has 0 aromatic rings. The van der Waals surface area contributed by atoms with Crippen LogP contribution in [0.15, 0.2) is 0 Å². The molecule has 0 aromatic carbocycles. The van der Waals surface area contributed by atoms with Crippen molar-refractivity contribution in [2.75, 3.05) is 0 Å². The molecule has 0 amide bonds. The van der Waals surface area contributed by atoms with Crippen LogP contribution < -0.4 is 5.11 Å². The van der Waals surface area contributed by atoms with Gasteiger partial charge in [-0.05, 0) is 6.92 Å². The molecule has 0 radical (unpaired) electrons. The van der Waals surface area contributed by atoms with Crippen molar-refractivity contribution in [3.8, 4) is 0 Å². The fourth-order valence-corrected chi connectivity index (χ4v) is 0. The Morgan fingerprint density at radius 1 is 1.43 bits per heavy atom. The zero-order valence-corrected chi connectivity index (χ0v) is 7.80. The first-order valence-electron chi connectivity index (χ1n) is 0.908. The van der Waals surface area contributed by atoms with Gasteiger partial charge in [0.15, 0.2) is 0 Å². The van der Waals surface area contributed by atoms with Crippen molar-refractivity contribution in [3.05, 3.63) is 0 Å². The van der Waals surface area contributed by atoms with Crippen LogP contribution in [0.2, 0.25) is 0 Å². The van der Waals surface area contributed by atoms with Gasteiger partial charge >= 0.3 is 31.1 Å². The van der Waals surface area contributed by atoms with E-state index >= 15 is 0 Å². The van der Waals surface area contributed by atoms with Crippen LogP contribution >= 0.6 is 0 Å². The molecule has 0 fully saturated rings. The Morgan fingerprint density at radius 2 is 1.43 bits per heavy atom. The van der Waals surface area contributed by atoms with Crippen LogP contribution in [-0.2, 0) is 15.7 Å². The van der Waals surface area contributed by atoms with E-state index in [1.807, 2.05) is 0 Å². The summed E-state index contributed by atoms with van der Waals surface area (Å²) in [5.74, 6) is -1.08. The molecule has 0 aliphatic heterocycles. The van der Waals surface area contributed by atoms with E-state index in [4.69, 9.17) is 9.90 Å². The van der Waals surface area contributed by atoms with Gasteiger partial charge in [-0.25, -0.2) is 0 Å². The van der Waals surface area contributed by atoms with E-state index in [1.54, 1.807) is 0 Å². The molecule has 0 rings (SSSR count). The minimum Gasteiger partial charge on any atom is -2.00 e. The molecule has 4 nitrogen and oxygen atoms in total. The van der Waals surface area contributed by atoms with Crippen LogP contribution in [0.4, 0.5) is 0 Å². The van der Waals surface area contributed by atoms with E-state index in [-0.39, 0.29) is 42.1 Å². The Bertz CT molecular complexity index is 32.7. The molecule has 0 aliphatic rings. The van der Waals surface area contributed by atoms with Gasteiger partial charge in [-0.15, -0.1) is 0 Å². The zero-order chi connectivity index (χ0) is 3.58. The third-order valence-electron chi connectivity index (χ3n) is 0. The van der Waals surface area contributed by atoms with E-state index in [2.05, 4.69) is 0 Å². The number of carboxylic acid groups (broad SMARTS) is 1. The van der Waals surface area contributed by atoms with Crippen molar-refractivity contribution >= 4 is 5.97 Å². The summed E-state index contributed by atoms with van der Waals surface area (Å²) in [5.41, 5.74) is 0. The topological polar surface area (TPSA) is 97.1 Å². The average Bonchev–Trinajstić information content (AvgIpc) is 0.811. The smallest absolute Gasteiger partial charge is 2.00 e. The van der Waals surface area contributed by atoms with Crippen molar-refractivity contribution in [1.29, 1.82) is 0 Å². The summed E-state index contributed by atoms with van der Waals surface area (Å²) in [6.45, 7) is 0.972. The molecule has 7 heavy (non-hydrogen) atoms. The molecule has 0 unspecified atom stereocenters. The summed E-state index contributed by atoms with van der Waals surface area (Å²) in [6.07, 6.45) is 0. The summed E-state index contributed by atoms with van der Waals surface area (Å²) in [5, 5.41) is 8.89. The molecule has 39 valence electrons. The van der Waals surface area contributed by atoms with Crippen LogP contribution in [-0.4, -0.2) is 5.97 Å². The maximum atomic E-state index is 8.89. The van der Waals surface area contributed by atoms with E-state index in [0.717, 1.165) is 6.92 Å². The average molecular weight is 329 g/mol. The third kappa shape index (κ3) is 651. The third-order valence-corrected chi connectivity index (χ3v) is 0. The second kappa shape index (κ2) is 16.1. The van der Waals surface area contributed by atoms with Crippen LogP contribution in [0.3, 0.4) is 0 Å². The molecule has 0 aliphatic carbocycles. The molecule has 0 aromatic heterocycles. The largest absolute Gasteiger partial charge is 5.00 e. The fraction of sp³-hybridized carbons (Fsp3) is 0.500. The molecule has 0 spiro atoms. The second-order valence-electron chi connectivity index (χ2n) is 0.492. The number of carboxylic acids is 1. The van der Waals surface area contributed by atoms with Crippen molar-refractivity contribution in [2.45, 2.75) is 6.92 Å². The van der Waals surface area contributed by atoms with E-state index in [0.29, 0.717) is 0 Å². The van der Waals surface area contributed by atoms with Crippen LogP contribution in [0.1, 0.15) is 6.92 Å². The summed E-state index contributed by atoms with van der Waals surface area (Å²) in [7, 11) is 0. The van der Waals surface area contributed by atoms with Crippen molar-refractivity contribution in [3.63, 3.8) is 0 Å². The molecular weight excluding hydrogens is 326 g/mol. The first kappa shape index (κ1) is 26.1. The Morgan fingerprint density at radius 3 is 1.43 bits per heavy atom. The van der Waals surface area contributed by atoms with E-state index in [1.165, 1.54) is 0 Å². The molecule has 0 atom stereocenters. The van der Waals surface area contributed by atoms with Crippen LogP contribution in [0.25, 0.3) is 0 Å². The number of hydrogen-bond donors (Lipinski definition) is 0. The van der Waals surface area contributed by atoms with Gasteiger partial charge in [0, 0.05) is 5.97 Å². The number of hydrogen-bond acceptors (Lipinski definition) is 2. The van der Waals surface area contributed by atoms with E-state index < -0.39 is 5.97 Å². The zero-order valence-electron chi connectivity index (χ0n) is 3.63. The van der Waals surface area contributed by atoms with Gasteiger partial charge in [0.2, 0.25) is 0 Å². The Balaban J connectivity index is -0.0000000150. The summed E-state index contributed by atoms with van der Waals surface area (Å²) < 4.78 is 0. The minimum absolute atomic E-state index is 0. The van der Waals surface area contributed by atoms with Crippen LogP contribution in [0.5, 0.6) is 0 Å². The molecule has 0 heterocycles. The Kier molecular flexibility index (Phi) is 60.0. The normalized spacial score (nSPS) is 3.57. The molecule has 0 bridgehead atoms. The molecule has 5 heteroatoms. The fourth-order valence-electron chi connectivity index (χ4n) is 0. The number of aliphatic carboxylic acids is 1. The summed E-state index contributed by atoms with van der Waals surface area (Å²) >= 11 is 0. The Hall–Kier alpha value is 0.442. The van der Waals surface area contributed by atoms with Crippen LogP contribution in [0, 0.1) is 31.1 Å². The summed E-state index contributed by atoms with van der Waals surface area (Å²) in [4.78, 5) is 8.89. The molecule has 0 saturated heterocycles. The summed E-state index contributed by atoms with van der Waals surface area (Å²) in [6, 6.07) is 0. The maximum Gasteiger partial charge on any atom is 5.00 e. The van der Waals surface area contributed by atoms with Gasteiger partial charge in [0.05, 0.1) is 0 Å². The van der Waals surface area contributed by atoms with Gasteiger partial charge in [0.25, 0.3) is 0 Å². The van der Waals surface area contributed by atoms with E-state index in [9.17, 15) is 0 Å². The molecule has 0 saturated carbocycles. The van der Waals surface area contributed by atoms with Crippen molar-refractivity contribution < 1.29 is 52.0 Å². The van der Waals surface area contributed by atoms with Gasteiger partial charge in [-0.1, -0.05) is 0 Å². The van der Waals surface area contributed by atoms with Gasteiger partial charge in [-0.2, -0.15) is 0 Å². The SMILES string of the molecule is CC(=O)[O-].[O-2].[O-2].[U+5]. The first-order valence-corrected chi connectivity index (χ1v) is 0.908. The minimum atomic E-state index is -1.08. The standard InChI is InChI=1S/C2H4O2.2O.U/c1-2(3)4;;;/h1H3,(H,3,4);;;/q;2*-2;+5/p-1. The molecular formula is C2H3O4U. The van der Waals surface area contributed by atoms with Gasteiger partial charge < -0.3 is 20.9 Å². The Labute approximate surface area is 64.9 Å². The maximum absolute atomic E-state index is 8.89. The molecule has 0 N–H and O–H groups in total. The quantitative estimate of drug-likeness (QED) is 0.542. The van der Waals surface area contributed by atoms with Crippen molar-refractivity contribution in [1.82, 2.24) is 0 Å². The predicted molar refractivity (Wildman–Crippen MR) is 12.1 cm³/mol.